The van der Waals surface area contributed by atoms with Gasteiger partial charge in [0.1, 0.15) is 5.75 Å². The topological polar surface area (TPSA) is 26.3 Å². The molecule has 0 N–H and O–H groups in total. The highest BCUT2D eigenvalue weighted by molar-refractivity contribution is 6.04. The highest BCUT2D eigenvalue weighted by atomic mass is 16.5. The Labute approximate surface area is 128 Å². The molecule has 0 atom stereocenters. The minimum Gasteiger partial charge on any atom is -0.493 e. The van der Waals surface area contributed by atoms with Gasteiger partial charge in [-0.1, -0.05) is 39.2 Å². The van der Waals surface area contributed by atoms with Crippen molar-refractivity contribution in [3.63, 3.8) is 0 Å². The van der Waals surface area contributed by atoms with Gasteiger partial charge in [-0.05, 0) is 55.0 Å². The van der Waals surface area contributed by atoms with Crippen LogP contribution in [0.2, 0.25) is 0 Å². The van der Waals surface area contributed by atoms with Gasteiger partial charge in [-0.25, -0.2) is 0 Å². The summed E-state index contributed by atoms with van der Waals surface area (Å²) in [6.45, 7) is 6.57. The summed E-state index contributed by atoms with van der Waals surface area (Å²) in [6.07, 6.45) is 9.32. The average Bonchev–Trinajstić information content (AvgIpc) is 2.54. The molecule has 1 saturated carbocycles. The highest BCUT2D eigenvalue weighted by Crippen LogP contribution is 2.31. The second-order valence-electron chi connectivity index (χ2n) is 6.08. The van der Waals surface area contributed by atoms with E-state index < -0.39 is 0 Å². The standard InChI is InChI=1S/C19H26O2/c1-3-5-15-6-8-16(9-7-15)14-21-18-12-10-17(11-13-18)19(20)4-2/h4,10-13,15-16H,2-3,5-9,14H2,1H3. The largest absolute Gasteiger partial charge is 0.493 e. The van der Waals surface area contributed by atoms with Gasteiger partial charge in [-0.2, -0.15) is 0 Å². The third-order valence-corrected chi connectivity index (χ3v) is 4.47. The Kier molecular flexibility index (Phi) is 6.04. The zero-order chi connectivity index (χ0) is 15.1. The molecule has 0 aliphatic heterocycles. The lowest BCUT2D eigenvalue weighted by Crippen LogP contribution is -2.20. The Morgan fingerprint density at radius 1 is 1.19 bits per heavy atom. The Balaban J connectivity index is 1.76. The van der Waals surface area contributed by atoms with Crippen molar-refractivity contribution in [2.75, 3.05) is 6.61 Å². The first-order valence-electron chi connectivity index (χ1n) is 8.12. The van der Waals surface area contributed by atoms with Crippen molar-refractivity contribution in [3.8, 4) is 5.75 Å². The smallest absolute Gasteiger partial charge is 0.185 e. The first-order chi connectivity index (χ1) is 10.2. The molecule has 114 valence electrons. The lowest BCUT2D eigenvalue weighted by atomic mass is 9.80. The summed E-state index contributed by atoms with van der Waals surface area (Å²) in [6, 6.07) is 7.36. The van der Waals surface area contributed by atoms with Gasteiger partial charge < -0.3 is 4.74 Å². The molecular weight excluding hydrogens is 260 g/mol. The zero-order valence-corrected chi connectivity index (χ0v) is 13.0. The Morgan fingerprint density at radius 3 is 2.38 bits per heavy atom. The molecule has 0 radical (unpaired) electrons. The van der Waals surface area contributed by atoms with Crippen LogP contribution in [0.15, 0.2) is 36.9 Å². The fraction of sp³-hybridized carbons (Fsp3) is 0.526. The van der Waals surface area contributed by atoms with Crippen molar-refractivity contribution >= 4 is 5.78 Å². The van der Waals surface area contributed by atoms with Crippen LogP contribution in [0.1, 0.15) is 55.8 Å². The summed E-state index contributed by atoms with van der Waals surface area (Å²) < 4.78 is 5.87. The van der Waals surface area contributed by atoms with E-state index in [1.54, 1.807) is 12.1 Å². The van der Waals surface area contributed by atoms with Crippen molar-refractivity contribution < 1.29 is 9.53 Å². The summed E-state index contributed by atoms with van der Waals surface area (Å²) in [5.41, 5.74) is 0.664. The lowest BCUT2D eigenvalue weighted by Gasteiger charge is -2.28. The molecule has 1 aromatic rings. The van der Waals surface area contributed by atoms with E-state index in [2.05, 4.69) is 13.5 Å². The third kappa shape index (κ3) is 4.73. The maximum absolute atomic E-state index is 11.5. The van der Waals surface area contributed by atoms with Crippen LogP contribution < -0.4 is 4.74 Å². The third-order valence-electron chi connectivity index (χ3n) is 4.47. The van der Waals surface area contributed by atoms with Crippen LogP contribution >= 0.6 is 0 Å². The van der Waals surface area contributed by atoms with Crippen LogP contribution in [0.25, 0.3) is 0 Å². The summed E-state index contributed by atoms with van der Waals surface area (Å²) in [7, 11) is 0. The quantitative estimate of drug-likeness (QED) is 0.518. The molecule has 0 bridgehead atoms. The molecule has 2 rings (SSSR count). The molecule has 2 heteroatoms. The normalized spacial score (nSPS) is 21.8. The molecule has 0 spiro atoms. The molecule has 0 heterocycles. The van der Waals surface area contributed by atoms with Crippen LogP contribution in [0.4, 0.5) is 0 Å². The molecule has 21 heavy (non-hydrogen) atoms. The first-order valence-corrected chi connectivity index (χ1v) is 8.12. The van der Waals surface area contributed by atoms with E-state index in [1.165, 1.54) is 44.6 Å². The maximum Gasteiger partial charge on any atom is 0.185 e. The van der Waals surface area contributed by atoms with Gasteiger partial charge in [0.15, 0.2) is 5.78 Å². The van der Waals surface area contributed by atoms with Gasteiger partial charge in [0, 0.05) is 5.56 Å². The number of hydrogen-bond acceptors (Lipinski definition) is 2. The van der Waals surface area contributed by atoms with Gasteiger partial charge in [0.2, 0.25) is 0 Å². The Hall–Kier alpha value is -1.57. The van der Waals surface area contributed by atoms with Crippen LogP contribution in [0.5, 0.6) is 5.75 Å². The monoisotopic (exact) mass is 286 g/mol. The van der Waals surface area contributed by atoms with Gasteiger partial charge in [0.25, 0.3) is 0 Å². The zero-order valence-electron chi connectivity index (χ0n) is 13.0. The van der Waals surface area contributed by atoms with E-state index in [0.29, 0.717) is 11.5 Å². The summed E-state index contributed by atoms with van der Waals surface area (Å²) in [5.74, 6) is 2.44. The summed E-state index contributed by atoms with van der Waals surface area (Å²) in [4.78, 5) is 11.5. The van der Waals surface area contributed by atoms with Crippen molar-refractivity contribution in [2.24, 2.45) is 11.8 Å². The molecule has 1 aliphatic carbocycles. The predicted molar refractivity (Wildman–Crippen MR) is 86.8 cm³/mol. The van der Waals surface area contributed by atoms with E-state index in [-0.39, 0.29) is 5.78 Å². The SMILES string of the molecule is C=CC(=O)c1ccc(OCC2CCC(CCC)CC2)cc1. The number of carbonyl (C=O) groups is 1. The fourth-order valence-electron chi connectivity index (χ4n) is 3.14. The molecule has 0 saturated heterocycles. The van der Waals surface area contributed by atoms with E-state index in [9.17, 15) is 4.79 Å². The van der Waals surface area contributed by atoms with Gasteiger partial charge in [-0.15, -0.1) is 0 Å². The second-order valence-corrected chi connectivity index (χ2v) is 6.08. The Bertz CT molecular complexity index is 453. The van der Waals surface area contributed by atoms with Crippen molar-refractivity contribution in [1.82, 2.24) is 0 Å². The van der Waals surface area contributed by atoms with Crippen LogP contribution in [0, 0.1) is 11.8 Å². The maximum atomic E-state index is 11.5. The van der Waals surface area contributed by atoms with E-state index in [4.69, 9.17) is 4.74 Å². The van der Waals surface area contributed by atoms with Gasteiger partial charge in [-0.3, -0.25) is 4.79 Å². The number of benzene rings is 1. The highest BCUT2D eigenvalue weighted by Gasteiger charge is 2.20. The fourth-order valence-corrected chi connectivity index (χ4v) is 3.14. The number of carbonyl (C=O) groups excluding carboxylic acids is 1. The summed E-state index contributed by atoms with van der Waals surface area (Å²) >= 11 is 0. The number of rotatable bonds is 7. The molecule has 0 amide bonds. The van der Waals surface area contributed by atoms with Crippen LogP contribution in [-0.2, 0) is 0 Å². The van der Waals surface area contributed by atoms with E-state index in [1.807, 2.05) is 12.1 Å². The molecular formula is C19H26O2. The number of ketones is 1. The van der Waals surface area contributed by atoms with Crippen molar-refractivity contribution in [3.05, 3.63) is 42.5 Å². The van der Waals surface area contributed by atoms with Gasteiger partial charge >= 0.3 is 0 Å². The first kappa shape index (κ1) is 15.8. The molecule has 0 unspecified atom stereocenters. The number of ether oxygens (including phenoxy) is 1. The van der Waals surface area contributed by atoms with Crippen molar-refractivity contribution in [1.29, 1.82) is 0 Å². The minimum absolute atomic E-state index is 0.0456. The van der Waals surface area contributed by atoms with Crippen LogP contribution in [-0.4, -0.2) is 12.4 Å². The van der Waals surface area contributed by atoms with E-state index >= 15 is 0 Å². The van der Waals surface area contributed by atoms with Crippen molar-refractivity contribution in [2.45, 2.75) is 45.4 Å². The van der Waals surface area contributed by atoms with E-state index in [0.717, 1.165) is 18.3 Å². The molecule has 1 aromatic carbocycles. The minimum atomic E-state index is -0.0456. The summed E-state index contributed by atoms with van der Waals surface area (Å²) in [5, 5.41) is 0. The average molecular weight is 286 g/mol. The van der Waals surface area contributed by atoms with Gasteiger partial charge in [0.05, 0.1) is 6.61 Å². The lowest BCUT2D eigenvalue weighted by molar-refractivity contribution is 0.104. The molecule has 1 aliphatic rings. The Morgan fingerprint density at radius 2 is 1.81 bits per heavy atom. The number of allylic oxidation sites excluding steroid dienone is 1. The second kappa shape index (κ2) is 8.02. The molecule has 0 aromatic heterocycles. The molecule has 2 nitrogen and oxygen atoms in total. The predicted octanol–water partition coefficient (Wildman–Crippen LogP) is 5.04. The van der Waals surface area contributed by atoms with Crippen LogP contribution in [0.3, 0.4) is 0 Å². The molecule has 1 fully saturated rings. The number of hydrogen-bond donors (Lipinski definition) is 0.